The van der Waals surface area contributed by atoms with E-state index in [9.17, 15) is 9.59 Å². The van der Waals surface area contributed by atoms with Crippen molar-refractivity contribution < 1.29 is 14.7 Å². The third-order valence-corrected chi connectivity index (χ3v) is 2.51. The van der Waals surface area contributed by atoms with Crippen LogP contribution in [-0.4, -0.2) is 46.6 Å². The Morgan fingerprint density at radius 3 is 1.88 bits per heavy atom. The van der Waals surface area contributed by atoms with Crippen molar-refractivity contribution in [2.24, 2.45) is 0 Å². The van der Waals surface area contributed by atoms with Crippen molar-refractivity contribution in [2.75, 3.05) is 13.6 Å². The number of carboxylic acid groups (broad SMARTS) is 1. The van der Waals surface area contributed by atoms with E-state index in [1.54, 1.807) is 20.9 Å². The Balaban J connectivity index is 5.06. The van der Waals surface area contributed by atoms with Gasteiger partial charge in [0.1, 0.15) is 6.54 Å². The van der Waals surface area contributed by atoms with Crippen LogP contribution in [0.15, 0.2) is 0 Å². The highest BCUT2D eigenvalue weighted by Gasteiger charge is 2.36. The van der Waals surface area contributed by atoms with E-state index in [0.29, 0.717) is 0 Å². The van der Waals surface area contributed by atoms with Crippen molar-refractivity contribution in [1.29, 1.82) is 0 Å². The topological polar surface area (TPSA) is 69.6 Å². The summed E-state index contributed by atoms with van der Waals surface area (Å²) < 4.78 is 0. The number of likely N-dealkylation sites (N-methyl/N-ethyl adjacent to an activating group) is 1. The van der Waals surface area contributed by atoms with Crippen LogP contribution < -0.4 is 5.32 Å². The SMILES string of the molecule is CNC(C)(C)C(=O)N(CC(=O)O)C(C)(C)C. The number of amides is 1. The van der Waals surface area contributed by atoms with Gasteiger partial charge in [0.2, 0.25) is 5.91 Å². The molecule has 0 saturated carbocycles. The van der Waals surface area contributed by atoms with E-state index < -0.39 is 17.0 Å². The van der Waals surface area contributed by atoms with Crippen molar-refractivity contribution in [1.82, 2.24) is 10.2 Å². The molecule has 0 radical (unpaired) electrons. The average molecular weight is 230 g/mol. The Morgan fingerprint density at radius 1 is 1.19 bits per heavy atom. The minimum absolute atomic E-state index is 0.218. The van der Waals surface area contributed by atoms with Crippen molar-refractivity contribution >= 4 is 11.9 Å². The number of carboxylic acids is 1. The molecule has 0 aromatic heterocycles. The van der Waals surface area contributed by atoms with E-state index in [1.807, 2.05) is 20.8 Å². The van der Waals surface area contributed by atoms with E-state index in [1.165, 1.54) is 4.90 Å². The summed E-state index contributed by atoms with van der Waals surface area (Å²) in [4.78, 5) is 24.3. The van der Waals surface area contributed by atoms with Crippen molar-refractivity contribution in [3.8, 4) is 0 Å². The van der Waals surface area contributed by atoms with Crippen molar-refractivity contribution in [3.05, 3.63) is 0 Å². The lowest BCUT2D eigenvalue weighted by molar-refractivity contribution is -0.151. The number of carbonyl (C=O) groups excluding carboxylic acids is 1. The molecule has 0 aliphatic rings. The minimum atomic E-state index is -1.00. The van der Waals surface area contributed by atoms with E-state index in [0.717, 1.165) is 0 Å². The Morgan fingerprint density at radius 2 is 1.62 bits per heavy atom. The van der Waals surface area contributed by atoms with Gasteiger partial charge in [-0.05, 0) is 41.7 Å². The quantitative estimate of drug-likeness (QED) is 0.745. The number of hydrogen-bond donors (Lipinski definition) is 2. The zero-order valence-electron chi connectivity index (χ0n) is 10.9. The van der Waals surface area contributed by atoms with E-state index >= 15 is 0 Å². The van der Waals surface area contributed by atoms with Crippen LogP contribution in [0.2, 0.25) is 0 Å². The first-order chi connectivity index (χ1) is 7.02. The Labute approximate surface area is 96.8 Å². The summed E-state index contributed by atoms with van der Waals surface area (Å²) in [7, 11) is 1.68. The fourth-order valence-electron chi connectivity index (χ4n) is 1.19. The molecule has 0 unspecified atom stereocenters. The van der Waals surface area contributed by atoms with Crippen LogP contribution in [0.25, 0.3) is 0 Å². The van der Waals surface area contributed by atoms with Crippen LogP contribution in [0, 0.1) is 0 Å². The lowest BCUT2D eigenvalue weighted by Crippen LogP contribution is -2.59. The van der Waals surface area contributed by atoms with Crippen LogP contribution in [0.5, 0.6) is 0 Å². The van der Waals surface area contributed by atoms with E-state index in [4.69, 9.17) is 5.11 Å². The lowest BCUT2D eigenvalue weighted by atomic mass is 9.98. The molecule has 0 aliphatic carbocycles. The van der Waals surface area contributed by atoms with Crippen LogP contribution in [0.3, 0.4) is 0 Å². The summed E-state index contributed by atoms with van der Waals surface area (Å²) in [5, 5.41) is 11.7. The first-order valence-corrected chi connectivity index (χ1v) is 5.25. The fourth-order valence-corrected chi connectivity index (χ4v) is 1.19. The van der Waals surface area contributed by atoms with Crippen LogP contribution >= 0.6 is 0 Å². The molecule has 0 spiro atoms. The van der Waals surface area contributed by atoms with Gasteiger partial charge < -0.3 is 15.3 Å². The molecular weight excluding hydrogens is 208 g/mol. The molecule has 1 amide bonds. The zero-order valence-corrected chi connectivity index (χ0v) is 10.9. The van der Waals surface area contributed by atoms with Crippen molar-refractivity contribution in [3.63, 3.8) is 0 Å². The second-order valence-corrected chi connectivity index (χ2v) is 5.33. The molecule has 0 bridgehead atoms. The highest BCUT2D eigenvalue weighted by Crippen LogP contribution is 2.18. The van der Waals surface area contributed by atoms with Crippen LogP contribution in [-0.2, 0) is 9.59 Å². The highest BCUT2D eigenvalue weighted by molar-refractivity contribution is 5.88. The molecule has 0 fully saturated rings. The molecular formula is C11H22N2O3. The molecule has 0 aliphatic heterocycles. The molecule has 0 saturated heterocycles. The van der Waals surface area contributed by atoms with Crippen molar-refractivity contribution in [2.45, 2.75) is 45.7 Å². The number of aliphatic carboxylic acids is 1. The third-order valence-electron chi connectivity index (χ3n) is 2.51. The van der Waals surface area contributed by atoms with Crippen LogP contribution in [0.1, 0.15) is 34.6 Å². The molecule has 5 heteroatoms. The van der Waals surface area contributed by atoms with Gasteiger partial charge in [-0.25, -0.2) is 0 Å². The number of nitrogens with zero attached hydrogens (tertiary/aromatic N) is 1. The Bertz CT molecular complexity index is 279. The van der Waals surface area contributed by atoms with Gasteiger partial charge in [-0.2, -0.15) is 0 Å². The summed E-state index contributed by atoms with van der Waals surface area (Å²) in [6.45, 7) is 8.64. The number of hydrogen-bond acceptors (Lipinski definition) is 3. The van der Waals surface area contributed by atoms with Gasteiger partial charge in [-0.3, -0.25) is 9.59 Å². The number of rotatable bonds is 4. The summed E-state index contributed by atoms with van der Waals surface area (Å²) in [6, 6.07) is 0. The molecule has 0 atom stereocenters. The van der Waals surface area contributed by atoms with E-state index in [-0.39, 0.29) is 12.5 Å². The minimum Gasteiger partial charge on any atom is -0.480 e. The van der Waals surface area contributed by atoms with Gasteiger partial charge in [0, 0.05) is 5.54 Å². The molecule has 0 aromatic rings. The highest BCUT2D eigenvalue weighted by atomic mass is 16.4. The fraction of sp³-hybridized carbons (Fsp3) is 0.818. The van der Waals surface area contributed by atoms with Gasteiger partial charge in [0.15, 0.2) is 0 Å². The summed E-state index contributed by atoms with van der Waals surface area (Å²) >= 11 is 0. The molecule has 94 valence electrons. The van der Waals surface area contributed by atoms with E-state index in [2.05, 4.69) is 5.32 Å². The summed E-state index contributed by atoms with van der Waals surface area (Å²) in [6.07, 6.45) is 0. The maximum Gasteiger partial charge on any atom is 0.323 e. The van der Waals surface area contributed by atoms with Gasteiger partial charge >= 0.3 is 5.97 Å². The molecule has 2 N–H and O–H groups in total. The maximum absolute atomic E-state index is 12.2. The Kier molecular flexibility index (Phi) is 4.49. The van der Waals surface area contributed by atoms with Gasteiger partial charge in [0.25, 0.3) is 0 Å². The van der Waals surface area contributed by atoms with Crippen LogP contribution in [0.4, 0.5) is 0 Å². The molecule has 0 aromatic carbocycles. The smallest absolute Gasteiger partial charge is 0.323 e. The molecule has 0 rings (SSSR count). The second-order valence-electron chi connectivity index (χ2n) is 5.33. The summed E-state index contributed by atoms with van der Waals surface area (Å²) in [5.41, 5.74) is -1.27. The van der Waals surface area contributed by atoms with Gasteiger partial charge in [-0.1, -0.05) is 0 Å². The lowest BCUT2D eigenvalue weighted by Gasteiger charge is -2.39. The molecule has 16 heavy (non-hydrogen) atoms. The monoisotopic (exact) mass is 230 g/mol. The van der Waals surface area contributed by atoms with Gasteiger partial charge in [-0.15, -0.1) is 0 Å². The zero-order chi connectivity index (χ0) is 13.1. The normalized spacial score (nSPS) is 12.4. The number of nitrogens with one attached hydrogen (secondary N) is 1. The first kappa shape index (κ1) is 14.9. The predicted molar refractivity (Wildman–Crippen MR) is 62.2 cm³/mol. The molecule has 5 nitrogen and oxygen atoms in total. The molecule has 0 heterocycles. The standard InChI is InChI=1S/C11H22N2O3/c1-10(2,3)13(7-8(14)15)9(16)11(4,5)12-6/h12H,7H2,1-6H3,(H,14,15). The maximum atomic E-state index is 12.2. The predicted octanol–water partition coefficient (Wildman–Crippen LogP) is 0.696. The Hall–Kier alpha value is -1.10. The second kappa shape index (κ2) is 4.82. The number of carbonyl (C=O) groups is 2. The average Bonchev–Trinajstić information content (AvgIpc) is 2.11. The summed E-state index contributed by atoms with van der Waals surface area (Å²) in [5.74, 6) is -1.22. The van der Waals surface area contributed by atoms with Gasteiger partial charge in [0.05, 0.1) is 5.54 Å². The largest absolute Gasteiger partial charge is 0.480 e. The third kappa shape index (κ3) is 3.81. The first-order valence-electron chi connectivity index (χ1n) is 5.25.